The van der Waals surface area contributed by atoms with Crippen LogP contribution in [0, 0.1) is 5.95 Å². The zero-order chi connectivity index (χ0) is 14.1. The molecule has 0 aromatic carbocycles. The van der Waals surface area contributed by atoms with Gasteiger partial charge in [0.1, 0.15) is 0 Å². The number of aromatic nitrogens is 1. The molecule has 1 heterocycles. The predicted octanol–water partition coefficient (Wildman–Crippen LogP) is 4.53. The van der Waals surface area contributed by atoms with Crippen LogP contribution in [0.4, 0.5) is 4.39 Å². The number of hydrogen-bond donors (Lipinski definition) is 1. The van der Waals surface area contributed by atoms with Crippen LogP contribution in [0.1, 0.15) is 47.1 Å². The van der Waals surface area contributed by atoms with Crippen LogP contribution < -0.4 is 5.32 Å². The van der Waals surface area contributed by atoms with E-state index in [0.29, 0.717) is 12.1 Å². The maximum Gasteiger partial charge on any atom is 0.217 e. The van der Waals surface area contributed by atoms with E-state index in [2.05, 4.69) is 16.9 Å². The predicted molar refractivity (Wildman–Crippen MR) is 75.3 cm³/mol. The maximum atomic E-state index is 12.7. The van der Waals surface area contributed by atoms with Gasteiger partial charge in [-0.1, -0.05) is 54.2 Å². The minimum Gasteiger partial charge on any atom is -0.387 e. The van der Waals surface area contributed by atoms with E-state index in [0.717, 1.165) is 0 Å². The summed E-state index contributed by atoms with van der Waals surface area (Å²) in [6.07, 6.45) is 2.94. The average Bonchev–Trinajstić information content (AvgIpc) is 2.45. The summed E-state index contributed by atoms with van der Waals surface area (Å²) >= 11 is 0. The molecule has 1 N–H and O–H groups in total. The molecule has 0 aliphatic rings. The fourth-order valence-corrected chi connectivity index (χ4v) is 0.733. The van der Waals surface area contributed by atoms with E-state index < -0.39 is 5.95 Å². The zero-order valence-electron chi connectivity index (χ0n) is 12.0. The topological polar surface area (TPSA) is 24.9 Å². The molecule has 2 nitrogen and oxygen atoms in total. The highest BCUT2D eigenvalue weighted by Crippen LogP contribution is 2.01. The summed E-state index contributed by atoms with van der Waals surface area (Å²) in [5, 5.41) is 2.79. The van der Waals surface area contributed by atoms with Gasteiger partial charge in [0, 0.05) is 18.3 Å². The molecule has 0 saturated heterocycles. The second-order valence-electron chi connectivity index (χ2n) is 2.04. The van der Waals surface area contributed by atoms with Crippen molar-refractivity contribution in [3.05, 3.63) is 42.6 Å². The molecule has 0 spiro atoms. The van der Waals surface area contributed by atoms with Crippen LogP contribution in [0.25, 0.3) is 0 Å². The molecule has 0 aliphatic carbocycles. The van der Waals surface area contributed by atoms with Crippen molar-refractivity contribution in [3.8, 4) is 0 Å². The van der Waals surface area contributed by atoms with Crippen LogP contribution in [0.3, 0.4) is 0 Å². The summed E-state index contributed by atoms with van der Waals surface area (Å²) in [6, 6.07) is 3.38. The molecule has 1 aromatic rings. The Balaban J connectivity index is -0.000000285. The van der Waals surface area contributed by atoms with Gasteiger partial charge >= 0.3 is 0 Å². The number of nitrogens with zero attached hydrogens (tertiary/aromatic N) is 1. The van der Waals surface area contributed by atoms with Crippen LogP contribution in [0.5, 0.6) is 0 Å². The van der Waals surface area contributed by atoms with Crippen molar-refractivity contribution in [1.82, 2.24) is 10.3 Å². The summed E-state index contributed by atoms with van der Waals surface area (Å²) in [4.78, 5) is 3.49. The van der Waals surface area contributed by atoms with E-state index in [1.165, 1.54) is 12.4 Å². The SMILES string of the molecule is C=CNCc1cccnc1F.CC.CC.CC. The van der Waals surface area contributed by atoms with Gasteiger partial charge in [-0.25, -0.2) is 4.98 Å². The molecule has 0 amide bonds. The third kappa shape index (κ3) is 12.6. The van der Waals surface area contributed by atoms with Gasteiger partial charge in [-0.2, -0.15) is 4.39 Å². The van der Waals surface area contributed by atoms with Crippen LogP contribution in [0.2, 0.25) is 0 Å². The van der Waals surface area contributed by atoms with E-state index in [4.69, 9.17) is 0 Å². The molecule has 0 aliphatic heterocycles. The minimum atomic E-state index is -0.429. The summed E-state index contributed by atoms with van der Waals surface area (Å²) in [5.41, 5.74) is 0.549. The third-order valence-electron chi connectivity index (χ3n) is 1.27. The Morgan fingerprint density at radius 3 is 2.18 bits per heavy atom. The number of hydrogen-bond acceptors (Lipinski definition) is 2. The normalized spacial score (nSPS) is 7.00. The Kier molecular flexibility index (Phi) is 24.8. The molecule has 0 radical (unpaired) electrons. The van der Waals surface area contributed by atoms with Crippen LogP contribution >= 0.6 is 0 Å². The third-order valence-corrected chi connectivity index (χ3v) is 1.27. The van der Waals surface area contributed by atoms with Crippen molar-refractivity contribution in [3.63, 3.8) is 0 Å². The highest BCUT2D eigenvalue weighted by Gasteiger charge is 1.98. The lowest BCUT2D eigenvalue weighted by Crippen LogP contribution is -2.06. The van der Waals surface area contributed by atoms with Gasteiger partial charge in [0.15, 0.2) is 0 Å². The second kappa shape index (κ2) is 20.1. The first kappa shape index (κ1) is 21.0. The molecule has 0 bridgehead atoms. The molecule has 3 heteroatoms. The van der Waals surface area contributed by atoms with E-state index in [9.17, 15) is 4.39 Å². The molecular weight excluding hydrogens is 215 g/mol. The molecule has 1 aromatic heterocycles. The van der Waals surface area contributed by atoms with E-state index >= 15 is 0 Å². The lowest BCUT2D eigenvalue weighted by molar-refractivity contribution is 0.562. The van der Waals surface area contributed by atoms with Crippen molar-refractivity contribution >= 4 is 0 Å². The van der Waals surface area contributed by atoms with Crippen LogP contribution in [-0.2, 0) is 6.54 Å². The largest absolute Gasteiger partial charge is 0.387 e. The van der Waals surface area contributed by atoms with Gasteiger partial charge in [-0.05, 0) is 12.3 Å². The Hall–Kier alpha value is -1.38. The van der Waals surface area contributed by atoms with E-state index in [-0.39, 0.29) is 0 Å². The lowest BCUT2D eigenvalue weighted by atomic mass is 10.3. The summed E-state index contributed by atoms with van der Waals surface area (Å²) in [6.45, 7) is 15.9. The highest BCUT2D eigenvalue weighted by atomic mass is 19.1. The molecule has 17 heavy (non-hydrogen) atoms. The van der Waals surface area contributed by atoms with Gasteiger partial charge in [-0.15, -0.1) is 0 Å². The molecule has 100 valence electrons. The average molecular weight is 242 g/mol. The molecule has 0 atom stereocenters. The standard InChI is InChI=1S/C8H9FN2.3C2H6/c1-2-10-6-7-4-3-5-11-8(7)9;3*1-2/h2-5,10H,1,6H2;3*1-2H3. The zero-order valence-corrected chi connectivity index (χ0v) is 12.0. The van der Waals surface area contributed by atoms with Crippen molar-refractivity contribution < 1.29 is 4.39 Å². The fraction of sp³-hybridized carbons (Fsp3) is 0.500. The van der Waals surface area contributed by atoms with Gasteiger partial charge in [0.25, 0.3) is 0 Å². The monoisotopic (exact) mass is 242 g/mol. The lowest BCUT2D eigenvalue weighted by Gasteiger charge is -2.00. The van der Waals surface area contributed by atoms with Gasteiger partial charge in [0.05, 0.1) is 0 Å². The van der Waals surface area contributed by atoms with Crippen molar-refractivity contribution in [2.24, 2.45) is 0 Å². The fourth-order valence-electron chi connectivity index (χ4n) is 0.733. The van der Waals surface area contributed by atoms with Gasteiger partial charge < -0.3 is 5.32 Å². The van der Waals surface area contributed by atoms with Crippen molar-refractivity contribution in [1.29, 1.82) is 0 Å². The smallest absolute Gasteiger partial charge is 0.217 e. The molecular formula is C14H27FN2. The van der Waals surface area contributed by atoms with Crippen LogP contribution in [0.15, 0.2) is 31.1 Å². The van der Waals surface area contributed by atoms with Gasteiger partial charge in [0.2, 0.25) is 5.95 Å². The summed E-state index contributed by atoms with van der Waals surface area (Å²) in [5.74, 6) is -0.429. The van der Waals surface area contributed by atoms with E-state index in [1.807, 2.05) is 41.5 Å². The quantitative estimate of drug-likeness (QED) is 0.787. The first-order valence-corrected chi connectivity index (χ1v) is 6.28. The second-order valence-corrected chi connectivity index (χ2v) is 2.04. The molecule has 0 fully saturated rings. The van der Waals surface area contributed by atoms with E-state index in [1.54, 1.807) is 12.1 Å². The van der Waals surface area contributed by atoms with Crippen molar-refractivity contribution in [2.75, 3.05) is 0 Å². The minimum absolute atomic E-state index is 0.429. The molecule has 0 unspecified atom stereocenters. The Labute approximate surface area is 106 Å². The number of rotatable bonds is 3. The Bertz CT molecular complexity index is 250. The Morgan fingerprint density at radius 1 is 1.24 bits per heavy atom. The molecule has 0 saturated carbocycles. The first-order valence-electron chi connectivity index (χ1n) is 6.28. The van der Waals surface area contributed by atoms with Gasteiger partial charge in [-0.3, -0.25) is 0 Å². The van der Waals surface area contributed by atoms with Crippen molar-refractivity contribution in [2.45, 2.75) is 48.1 Å². The first-order chi connectivity index (χ1) is 8.34. The Morgan fingerprint density at radius 2 is 1.76 bits per heavy atom. The summed E-state index contributed by atoms with van der Waals surface area (Å²) in [7, 11) is 0. The van der Waals surface area contributed by atoms with Crippen LogP contribution in [-0.4, -0.2) is 4.98 Å². The highest BCUT2D eigenvalue weighted by molar-refractivity contribution is 5.10. The maximum absolute atomic E-state index is 12.7. The number of halogens is 1. The number of nitrogens with one attached hydrogen (secondary N) is 1. The molecule has 1 rings (SSSR count). The number of pyridine rings is 1. The summed E-state index contributed by atoms with van der Waals surface area (Å²) < 4.78 is 12.7.